The van der Waals surface area contributed by atoms with Crippen LogP contribution in [0.3, 0.4) is 0 Å². The monoisotopic (exact) mass is 216 g/mol. The van der Waals surface area contributed by atoms with E-state index in [2.05, 4.69) is 25.9 Å². The Morgan fingerprint density at radius 2 is 2.27 bits per heavy atom. The second-order valence-electron chi connectivity index (χ2n) is 2.27. The van der Waals surface area contributed by atoms with Gasteiger partial charge in [-0.3, -0.25) is 4.79 Å². The topological polar surface area (TPSA) is 45.8 Å². The van der Waals surface area contributed by atoms with Crippen molar-refractivity contribution in [2.45, 2.75) is 20.3 Å². The van der Waals surface area contributed by atoms with Gasteiger partial charge >= 0.3 is 0 Å². The quantitative estimate of drug-likeness (QED) is 0.772. The first-order chi connectivity index (χ1) is 5.15. The van der Waals surface area contributed by atoms with Gasteiger partial charge in [0.1, 0.15) is 10.3 Å². The van der Waals surface area contributed by atoms with Crippen molar-refractivity contribution < 1.29 is 0 Å². The van der Waals surface area contributed by atoms with E-state index in [0.717, 1.165) is 17.9 Å². The third-order valence-corrected chi connectivity index (χ3v) is 2.35. The maximum absolute atomic E-state index is 11.1. The average molecular weight is 217 g/mol. The second-order valence-corrected chi connectivity index (χ2v) is 3.06. The Balaban J connectivity index is 3.32. The summed E-state index contributed by atoms with van der Waals surface area (Å²) in [6, 6.07) is 0. The molecule has 0 spiro atoms. The first-order valence-electron chi connectivity index (χ1n) is 3.40. The van der Waals surface area contributed by atoms with E-state index in [4.69, 9.17) is 0 Å². The van der Waals surface area contributed by atoms with Gasteiger partial charge in [0, 0.05) is 6.42 Å². The molecule has 0 unspecified atom stereocenters. The molecular formula is C7H9BrN2O. The highest BCUT2D eigenvalue weighted by molar-refractivity contribution is 9.10. The summed E-state index contributed by atoms with van der Waals surface area (Å²) in [5.74, 6) is 0.732. The van der Waals surface area contributed by atoms with Crippen LogP contribution < -0.4 is 5.56 Å². The van der Waals surface area contributed by atoms with Crippen LogP contribution in [0.4, 0.5) is 0 Å². The minimum atomic E-state index is -0.102. The van der Waals surface area contributed by atoms with Gasteiger partial charge in [-0.05, 0) is 22.9 Å². The molecule has 3 nitrogen and oxygen atoms in total. The lowest BCUT2D eigenvalue weighted by Crippen LogP contribution is -2.13. The third kappa shape index (κ3) is 1.68. The third-order valence-electron chi connectivity index (χ3n) is 1.41. The number of hydrogen-bond acceptors (Lipinski definition) is 2. The first-order valence-corrected chi connectivity index (χ1v) is 4.19. The van der Waals surface area contributed by atoms with Crippen molar-refractivity contribution in [2.24, 2.45) is 0 Å². The Morgan fingerprint density at radius 1 is 1.64 bits per heavy atom. The van der Waals surface area contributed by atoms with Crippen molar-refractivity contribution in [2.75, 3.05) is 0 Å². The van der Waals surface area contributed by atoms with E-state index in [1.807, 2.05) is 6.92 Å². The summed E-state index contributed by atoms with van der Waals surface area (Å²) in [7, 11) is 0. The number of nitrogens with zero attached hydrogens (tertiary/aromatic N) is 1. The van der Waals surface area contributed by atoms with Gasteiger partial charge in [0.05, 0.1) is 5.69 Å². The van der Waals surface area contributed by atoms with Crippen LogP contribution >= 0.6 is 15.9 Å². The van der Waals surface area contributed by atoms with Crippen LogP contribution in [-0.4, -0.2) is 9.97 Å². The summed E-state index contributed by atoms with van der Waals surface area (Å²) in [5.41, 5.74) is 0.639. The van der Waals surface area contributed by atoms with E-state index in [9.17, 15) is 4.79 Å². The van der Waals surface area contributed by atoms with Crippen molar-refractivity contribution in [3.05, 3.63) is 26.3 Å². The Hall–Kier alpha value is -0.640. The van der Waals surface area contributed by atoms with Gasteiger partial charge in [0.2, 0.25) is 0 Å². The molecule has 0 saturated heterocycles. The Bertz CT molecular complexity index is 319. The van der Waals surface area contributed by atoms with Crippen LogP contribution in [0.1, 0.15) is 18.4 Å². The second kappa shape index (κ2) is 3.17. The fraction of sp³-hybridized carbons (Fsp3) is 0.429. The van der Waals surface area contributed by atoms with Crippen LogP contribution in [-0.2, 0) is 6.42 Å². The van der Waals surface area contributed by atoms with Gasteiger partial charge in [-0.15, -0.1) is 0 Å². The summed E-state index contributed by atoms with van der Waals surface area (Å²) in [6.07, 6.45) is 0.753. The lowest BCUT2D eigenvalue weighted by molar-refractivity contribution is 0.890. The number of hydrogen-bond donors (Lipinski definition) is 1. The predicted molar refractivity (Wildman–Crippen MR) is 46.7 cm³/mol. The minimum absolute atomic E-state index is 0.102. The predicted octanol–water partition coefficient (Wildman–Crippen LogP) is 1.40. The van der Waals surface area contributed by atoms with Crippen LogP contribution in [0.2, 0.25) is 0 Å². The SMILES string of the molecule is CCc1nc(C)c(Br)c(=O)[nH]1. The van der Waals surface area contributed by atoms with Crippen molar-refractivity contribution in [1.29, 1.82) is 0 Å². The highest BCUT2D eigenvalue weighted by atomic mass is 79.9. The highest BCUT2D eigenvalue weighted by Crippen LogP contribution is 2.06. The number of aromatic amines is 1. The van der Waals surface area contributed by atoms with E-state index in [-0.39, 0.29) is 5.56 Å². The molecule has 0 aliphatic heterocycles. The molecule has 0 atom stereocenters. The fourth-order valence-electron chi connectivity index (χ4n) is 0.797. The van der Waals surface area contributed by atoms with Crippen LogP contribution in [0.25, 0.3) is 0 Å². The van der Waals surface area contributed by atoms with Gasteiger partial charge in [0.25, 0.3) is 5.56 Å². The van der Waals surface area contributed by atoms with Gasteiger partial charge < -0.3 is 4.98 Å². The maximum Gasteiger partial charge on any atom is 0.265 e. The van der Waals surface area contributed by atoms with Crippen LogP contribution in [0, 0.1) is 6.92 Å². The normalized spacial score (nSPS) is 10.1. The van der Waals surface area contributed by atoms with Crippen molar-refractivity contribution in [3.63, 3.8) is 0 Å². The molecule has 11 heavy (non-hydrogen) atoms. The average Bonchev–Trinajstić information content (AvgIpc) is 1.99. The molecule has 0 aliphatic carbocycles. The molecule has 0 aromatic carbocycles. The molecule has 0 radical (unpaired) electrons. The lowest BCUT2D eigenvalue weighted by atomic mass is 10.4. The maximum atomic E-state index is 11.1. The fourth-order valence-corrected chi connectivity index (χ4v) is 0.985. The molecule has 4 heteroatoms. The van der Waals surface area contributed by atoms with Crippen LogP contribution in [0.5, 0.6) is 0 Å². The van der Waals surface area contributed by atoms with Gasteiger partial charge in [-0.25, -0.2) is 4.98 Å². The number of aryl methyl sites for hydroxylation is 2. The number of aromatic nitrogens is 2. The van der Waals surface area contributed by atoms with E-state index in [0.29, 0.717) is 4.47 Å². The van der Waals surface area contributed by atoms with Crippen molar-refractivity contribution >= 4 is 15.9 Å². The van der Waals surface area contributed by atoms with Gasteiger partial charge in [-0.2, -0.15) is 0 Å². The van der Waals surface area contributed by atoms with Gasteiger partial charge in [0.15, 0.2) is 0 Å². The first kappa shape index (κ1) is 8.46. The smallest absolute Gasteiger partial charge is 0.265 e. The molecule has 1 heterocycles. The highest BCUT2D eigenvalue weighted by Gasteiger charge is 2.02. The van der Waals surface area contributed by atoms with E-state index >= 15 is 0 Å². The summed E-state index contributed by atoms with van der Waals surface area (Å²) in [6.45, 7) is 3.75. The molecule has 0 fully saturated rings. The lowest BCUT2D eigenvalue weighted by Gasteiger charge is -1.98. The zero-order chi connectivity index (χ0) is 8.43. The number of H-pyrrole nitrogens is 1. The molecule has 1 N–H and O–H groups in total. The Kier molecular flexibility index (Phi) is 2.44. The Morgan fingerprint density at radius 3 is 2.73 bits per heavy atom. The molecule has 0 aliphatic rings. The zero-order valence-electron chi connectivity index (χ0n) is 6.44. The summed E-state index contributed by atoms with van der Waals surface area (Å²) in [5, 5.41) is 0. The summed E-state index contributed by atoms with van der Waals surface area (Å²) in [4.78, 5) is 17.9. The van der Waals surface area contributed by atoms with E-state index in [1.54, 1.807) is 6.92 Å². The molecule has 0 saturated carbocycles. The molecule has 1 aromatic heterocycles. The zero-order valence-corrected chi connectivity index (χ0v) is 8.03. The van der Waals surface area contributed by atoms with Crippen LogP contribution in [0.15, 0.2) is 9.27 Å². The molecular weight excluding hydrogens is 208 g/mol. The van der Waals surface area contributed by atoms with Crippen molar-refractivity contribution in [3.8, 4) is 0 Å². The minimum Gasteiger partial charge on any atom is -0.310 e. The van der Waals surface area contributed by atoms with E-state index < -0.39 is 0 Å². The summed E-state index contributed by atoms with van der Waals surface area (Å²) >= 11 is 3.14. The van der Waals surface area contributed by atoms with E-state index in [1.165, 1.54) is 0 Å². The molecule has 1 rings (SSSR count). The molecule has 0 amide bonds. The number of rotatable bonds is 1. The molecule has 60 valence electrons. The molecule has 1 aromatic rings. The van der Waals surface area contributed by atoms with Crippen molar-refractivity contribution in [1.82, 2.24) is 9.97 Å². The Labute approximate surface area is 73.0 Å². The largest absolute Gasteiger partial charge is 0.310 e. The number of nitrogens with one attached hydrogen (secondary N) is 1. The standard InChI is InChI=1S/C7H9BrN2O/c1-3-5-9-4(2)6(8)7(11)10-5/h3H2,1-2H3,(H,9,10,11). The molecule has 0 bridgehead atoms. The van der Waals surface area contributed by atoms with Gasteiger partial charge in [-0.1, -0.05) is 6.92 Å². The summed E-state index contributed by atoms with van der Waals surface area (Å²) < 4.78 is 0.523. The number of halogens is 1.